The van der Waals surface area contributed by atoms with Gasteiger partial charge in [0, 0.05) is 48.4 Å². The SMILES string of the molecule is CCNC(=O)c1ccc2c(C=Nc3ccc(N(CCCN(C)C)C(C)=O)cc3)c(O)[nH]c2c1. The molecule has 0 aliphatic carbocycles. The highest BCUT2D eigenvalue weighted by Gasteiger charge is 2.13. The van der Waals surface area contributed by atoms with Crippen molar-refractivity contribution in [2.24, 2.45) is 4.99 Å². The molecule has 0 spiro atoms. The molecule has 8 heteroatoms. The minimum atomic E-state index is -0.162. The van der Waals surface area contributed by atoms with Crippen LogP contribution in [0.5, 0.6) is 5.88 Å². The molecule has 33 heavy (non-hydrogen) atoms. The lowest BCUT2D eigenvalue weighted by Gasteiger charge is -2.22. The van der Waals surface area contributed by atoms with Gasteiger partial charge in [0.15, 0.2) is 5.88 Å². The second-order valence-corrected chi connectivity index (χ2v) is 8.11. The van der Waals surface area contributed by atoms with Crippen LogP contribution in [0.3, 0.4) is 0 Å². The van der Waals surface area contributed by atoms with Crippen molar-refractivity contribution in [1.82, 2.24) is 15.2 Å². The molecule has 8 nitrogen and oxygen atoms in total. The number of aromatic hydroxyl groups is 1. The van der Waals surface area contributed by atoms with Crippen LogP contribution < -0.4 is 10.2 Å². The lowest BCUT2D eigenvalue weighted by molar-refractivity contribution is -0.116. The number of rotatable bonds is 9. The Kier molecular flexibility index (Phi) is 7.84. The largest absolute Gasteiger partial charge is 0.494 e. The molecule has 3 aromatic rings. The minimum absolute atomic E-state index is 0.000657. The fourth-order valence-electron chi connectivity index (χ4n) is 3.61. The number of benzene rings is 2. The van der Waals surface area contributed by atoms with E-state index in [1.54, 1.807) is 36.2 Å². The van der Waals surface area contributed by atoms with E-state index in [9.17, 15) is 14.7 Å². The van der Waals surface area contributed by atoms with Gasteiger partial charge in [-0.15, -0.1) is 0 Å². The zero-order chi connectivity index (χ0) is 24.0. The van der Waals surface area contributed by atoms with Crippen LogP contribution in [-0.4, -0.2) is 66.7 Å². The van der Waals surface area contributed by atoms with E-state index in [4.69, 9.17) is 0 Å². The first-order chi connectivity index (χ1) is 15.8. The summed E-state index contributed by atoms with van der Waals surface area (Å²) in [6, 6.07) is 12.6. The molecule has 1 aromatic heterocycles. The van der Waals surface area contributed by atoms with E-state index in [1.165, 1.54) is 0 Å². The van der Waals surface area contributed by atoms with Gasteiger partial charge < -0.3 is 25.2 Å². The number of carbonyl (C=O) groups is 2. The molecule has 2 aromatic carbocycles. The molecule has 0 aliphatic heterocycles. The van der Waals surface area contributed by atoms with Crippen molar-refractivity contribution in [1.29, 1.82) is 0 Å². The van der Waals surface area contributed by atoms with Crippen molar-refractivity contribution in [3.63, 3.8) is 0 Å². The molecule has 1 heterocycles. The van der Waals surface area contributed by atoms with Crippen molar-refractivity contribution >= 4 is 40.3 Å². The first kappa shape index (κ1) is 24.0. The van der Waals surface area contributed by atoms with Crippen LogP contribution in [0, 0.1) is 0 Å². The lowest BCUT2D eigenvalue weighted by Crippen LogP contribution is -2.31. The van der Waals surface area contributed by atoms with E-state index in [1.807, 2.05) is 45.3 Å². The first-order valence-corrected chi connectivity index (χ1v) is 11.0. The molecular formula is C25H31N5O3. The summed E-state index contributed by atoms with van der Waals surface area (Å²) >= 11 is 0. The third kappa shape index (κ3) is 5.98. The number of carbonyl (C=O) groups excluding carboxylic acids is 2. The number of hydrogen-bond acceptors (Lipinski definition) is 5. The molecule has 0 fully saturated rings. The van der Waals surface area contributed by atoms with Crippen LogP contribution in [0.2, 0.25) is 0 Å². The van der Waals surface area contributed by atoms with Gasteiger partial charge in [-0.2, -0.15) is 0 Å². The Bertz CT molecular complexity index is 1150. The fraction of sp³-hybridized carbons (Fsp3) is 0.320. The molecule has 0 aliphatic rings. The van der Waals surface area contributed by atoms with Gasteiger partial charge >= 0.3 is 0 Å². The van der Waals surface area contributed by atoms with E-state index in [0.717, 1.165) is 24.0 Å². The van der Waals surface area contributed by atoms with E-state index in [2.05, 4.69) is 20.2 Å². The molecule has 3 rings (SSSR count). The van der Waals surface area contributed by atoms with E-state index in [-0.39, 0.29) is 17.7 Å². The van der Waals surface area contributed by atoms with E-state index < -0.39 is 0 Å². The normalized spacial score (nSPS) is 11.4. The zero-order valence-electron chi connectivity index (χ0n) is 19.6. The number of anilines is 1. The summed E-state index contributed by atoms with van der Waals surface area (Å²) in [6.07, 6.45) is 2.48. The molecule has 0 bridgehead atoms. The highest BCUT2D eigenvalue weighted by atomic mass is 16.3. The maximum absolute atomic E-state index is 12.1. The average Bonchev–Trinajstić information content (AvgIpc) is 3.09. The second-order valence-electron chi connectivity index (χ2n) is 8.11. The Hall–Kier alpha value is -3.65. The van der Waals surface area contributed by atoms with Gasteiger partial charge in [0.25, 0.3) is 5.91 Å². The van der Waals surface area contributed by atoms with Crippen molar-refractivity contribution in [2.45, 2.75) is 20.3 Å². The number of nitrogens with one attached hydrogen (secondary N) is 2. The lowest BCUT2D eigenvalue weighted by atomic mass is 10.1. The molecule has 0 atom stereocenters. The molecule has 0 radical (unpaired) electrons. The van der Waals surface area contributed by atoms with Crippen molar-refractivity contribution in [3.05, 3.63) is 53.6 Å². The molecular weight excluding hydrogens is 418 g/mol. The van der Waals surface area contributed by atoms with Gasteiger partial charge in [-0.25, -0.2) is 0 Å². The summed E-state index contributed by atoms with van der Waals surface area (Å²) in [5.41, 5.74) is 3.25. The third-order valence-electron chi connectivity index (χ3n) is 5.29. The maximum atomic E-state index is 12.1. The highest BCUT2D eigenvalue weighted by molar-refractivity contribution is 6.05. The topological polar surface area (TPSA) is 101 Å². The Morgan fingerprint density at radius 1 is 1.12 bits per heavy atom. The number of aromatic nitrogens is 1. The molecule has 0 saturated carbocycles. The van der Waals surface area contributed by atoms with Crippen LogP contribution >= 0.6 is 0 Å². The van der Waals surface area contributed by atoms with Crippen molar-refractivity contribution in [2.75, 3.05) is 38.6 Å². The van der Waals surface area contributed by atoms with Gasteiger partial charge in [-0.3, -0.25) is 14.6 Å². The highest BCUT2D eigenvalue weighted by Crippen LogP contribution is 2.28. The number of aromatic amines is 1. The Balaban J connectivity index is 1.77. The van der Waals surface area contributed by atoms with Crippen LogP contribution in [0.15, 0.2) is 47.5 Å². The smallest absolute Gasteiger partial charge is 0.251 e. The predicted octanol–water partition coefficient (Wildman–Crippen LogP) is 3.68. The molecule has 2 amide bonds. The minimum Gasteiger partial charge on any atom is -0.494 e. The number of hydrogen-bond donors (Lipinski definition) is 3. The van der Waals surface area contributed by atoms with Gasteiger partial charge in [0.05, 0.1) is 11.3 Å². The summed E-state index contributed by atoms with van der Waals surface area (Å²) in [7, 11) is 4.02. The first-order valence-electron chi connectivity index (χ1n) is 11.0. The molecule has 0 saturated heterocycles. The Morgan fingerprint density at radius 2 is 1.85 bits per heavy atom. The summed E-state index contributed by atoms with van der Waals surface area (Å²) in [5, 5.41) is 13.9. The van der Waals surface area contributed by atoms with E-state index in [0.29, 0.717) is 35.4 Å². The molecule has 174 valence electrons. The van der Waals surface area contributed by atoms with Crippen LogP contribution in [0.1, 0.15) is 36.2 Å². The monoisotopic (exact) mass is 449 g/mol. The van der Waals surface area contributed by atoms with E-state index >= 15 is 0 Å². The van der Waals surface area contributed by atoms with Gasteiger partial charge in [0.2, 0.25) is 5.91 Å². The summed E-state index contributed by atoms with van der Waals surface area (Å²) < 4.78 is 0. The van der Waals surface area contributed by atoms with Gasteiger partial charge in [-0.05, 0) is 70.4 Å². The van der Waals surface area contributed by atoms with Crippen LogP contribution in [0.4, 0.5) is 11.4 Å². The standard InChI is InChI=1S/C25H31N5O3/c1-5-26-24(32)18-7-12-21-22(25(33)28-23(21)15-18)16-27-19-8-10-20(11-9-19)30(17(2)31)14-6-13-29(3)4/h7-12,15-16,28,33H,5-6,13-14H2,1-4H3,(H,26,32). The van der Waals surface area contributed by atoms with Crippen LogP contribution in [0.25, 0.3) is 10.9 Å². The quantitative estimate of drug-likeness (QED) is 0.434. The maximum Gasteiger partial charge on any atom is 0.251 e. The number of H-pyrrole nitrogens is 1. The fourth-order valence-corrected chi connectivity index (χ4v) is 3.61. The Morgan fingerprint density at radius 3 is 2.48 bits per heavy atom. The predicted molar refractivity (Wildman–Crippen MR) is 133 cm³/mol. The Labute approximate surface area is 193 Å². The van der Waals surface area contributed by atoms with Crippen LogP contribution in [-0.2, 0) is 4.79 Å². The second kappa shape index (κ2) is 10.8. The summed E-state index contributed by atoms with van der Waals surface area (Å²) in [5.74, 6) is -0.173. The van der Waals surface area contributed by atoms with Gasteiger partial charge in [0.1, 0.15) is 0 Å². The number of fused-ring (bicyclic) bond motifs is 1. The van der Waals surface area contributed by atoms with Crippen molar-refractivity contribution in [3.8, 4) is 5.88 Å². The number of amides is 2. The zero-order valence-corrected chi connectivity index (χ0v) is 19.6. The number of nitrogens with zero attached hydrogens (tertiary/aromatic N) is 3. The summed E-state index contributed by atoms with van der Waals surface area (Å²) in [4.78, 5) is 35.4. The number of aliphatic imine (C=N–C) groups is 1. The van der Waals surface area contributed by atoms with Gasteiger partial charge in [-0.1, -0.05) is 6.07 Å². The molecule has 3 N–H and O–H groups in total. The van der Waals surface area contributed by atoms with Crippen molar-refractivity contribution < 1.29 is 14.7 Å². The molecule has 0 unspecified atom stereocenters. The summed E-state index contributed by atoms with van der Waals surface area (Å²) in [6.45, 7) is 5.53. The third-order valence-corrected chi connectivity index (χ3v) is 5.29. The average molecular weight is 450 g/mol.